The van der Waals surface area contributed by atoms with Crippen molar-refractivity contribution < 1.29 is 5.11 Å². The maximum Gasteiger partial charge on any atom is 0.127 e. The Labute approximate surface area is 190 Å². The minimum Gasteiger partial charge on any atom is -0.507 e. The van der Waals surface area contributed by atoms with Crippen LogP contribution in [0.1, 0.15) is 65.5 Å². The number of hydrogen-bond donors (Lipinski definition) is 2. The fourth-order valence-electron chi connectivity index (χ4n) is 4.18. The Balaban J connectivity index is 2.04. The number of aromatic nitrogens is 3. The third kappa shape index (κ3) is 3.68. The second-order valence-corrected chi connectivity index (χ2v) is 9.95. The van der Waals surface area contributed by atoms with Crippen LogP contribution in [0.3, 0.4) is 0 Å². The first-order valence-corrected chi connectivity index (χ1v) is 11.5. The van der Waals surface area contributed by atoms with Gasteiger partial charge >= 0.3 is 0 Å². The van der Waals surface area contributed by atoms with Gasteiger partial charge in [-0.15, -0.1) is 5.10 Å². The van der Waals surface area contributed by atoms with E-state index in [1.54, 1.807) is 0 Å². The predicted octanol–water partition coefficient (Wildman–Crippen LogP) is 7.37. The van der Waals surface area contributed by atoms with Crippen LogP contribution in [0.25, 0.3) is 33.3 Å². The number of fused-ring (bicyclic) bond motifs is 1. The molecule has 4 nitrogen and oxygen atoms in total. The number of nitrogens with zero attached hydrogens (tertiary/aromatic N) is 2. The van der Waals surface area contributed by atoms with E-state index in [4.69, 9.17) is 0 Å². The molecule has 0 unspecified atom stereocenters. The number of rotatable bonds is 6. The summed E-state index contributed by atoms with van der Waals surface area (Å²) in [5.41, 5.74) is 7.76. The molecule has 0 aliphatic rings. The van der Waals surface area contributed by atoms with Gasteiger partial charge in [0.05, 0.1) is 5.52 Å². The fraction of sp³-hybridized carbons (Fsp3) is 0.357. The zero-order chi connectivity index (χ0) is 23.1. The van der Waals surface area contributed by atoms with Crippen molar-refractivity contribution in [3.05, 3.63) is 65.7 Å². The predicted molar refractivity (Wildman–Crippen MR) is 133 cm³/mol. The van der Waals surface area contributed by atoms with Crippen LogP contribution in [-0.2, 0) is 10.8 Å². The maximum atomic E-state index is 11.6. The summed E-state index contributed by atoms with van der Waals surface area (Å²) in [5, 5.41) is 22.9. The number of nitrogens with one attached hydrogen (secondary N) is 1. The van der Waals surface area contributed by atoms with Gasteiger partial charge in [-0.2, -0.15) is 0 Å². The summed E-state index contributed by atoms with van der Waals surface area (Å²) in [4.78, 5) is 0. The van der Waals surface area contributed by atoms with Crippen LogP contribution in [0.5, 0.6) is 5.75 Å². The highest BCUT2D eigenvalue weighted by Gasteiger charge is 2.29. The Morgan fingerprint density at radius 2 is 1.41 bits per heavy atom. The zero-order valence-electron chi connectivity index (χ0n) is 20.0. The summed E-state index contributed by atoms with van der Waals surface area (Å²) in [6, 6.07) is 18.7. The average molecular weight is 428 g/mol. The van der Waals surface area contributed by atoms with E-state index in [1.165, 1.54) is 5.56 Å². The minimum absolute atomic E-state index is 0.00208. The highest BCUT2D eigenvalue weighted by atomic mass is 16.3. The first-order valence-electron chi connectivity index (χ1n) is 11.5. The van der Waals surface area contributed by atoms with E-state index in [0.717, 1.165) is 51.7 Å². The molecule has 0 bridgehead atoms. The Kier molecular flexibility index (Phi) is 5.58. The van der Waals surface area contributed by atoms with Crippen LogP contribution in [0.15, 0.2) is 54.6 Å². The van der Waals surface area contributed by atoms with Gasteiger partial charge in [0.25, 0.3) is 0 Å². The van der Waals surface area contributed by atoms with Crippen LogP contribution in [0, 0.1) is 0 Å². The smallest absolute Gasteiger partial charge is 0.127 e. The molecular weight excluding hydrogens is 394 g/mol. The molecule has 0 radical (unpaired) electrons. The lowest BCUT2D eigenvalue weighted by molar-refractivity contribution is 0.426. The van der Waals surface area contributed by atoms with Crippen molar-refractivity contribution in [1.82, 2.24) is 15.4 Å². The number of aromatic amines is 1. The van der Waals surface area contributed by atoms with Gasteiger partial charge in [0.1, 0.15) is 11.3 Å². The minimum atomic E-state index is -0.139. The summed E-state index contributed by atoms with van der Waals surface area (Å²) < 4.78 is 0. The highest BCUT2D eigenvalue weighted by Crippen LogP contribution is 2.46. The van der Waals surface area contributed by atoms with E-state index in [2.05, 4.69) is 87.3 Å². The molecule has 0 aliphatic heterocycles. The molecule has 0 spiro atoms. The van der Waals surface area contributed by atoms with E-state index in [0.29, 0.717) is 5.75 Å². The van der Waals surface area contributed by atoms with Gasteiger partial charge in [-0.3, -0.25) is 5.10 Å². The Bertz CT molecular complexity index is 1270. The molecule has 0 amide bonds. The third-order valence-electron chi connectivity index (χ3n) is 7.25. The van der Waals surface area contributed by atoms with E-state index >= 15 is 0 Å². The molecule has 0 saturated carbocycles. The van der Waals surface area contributed by atoms with E-state index in [-0.39, 0.29) is 10.8 Å². The van der Waals surface area contributed by atoms with Gasteiger partial charge in [0.2, 0.25) is 0 Å². The number of H-pyrrole nitrogens is 1. The molecule has 2 N–H and O–H groups in total. The Morgan fingerprint density at radius 3 is 2.06 bits per heavy atom. The summed E-state index contributed by atoms with van der Waals surface area (Å²) >= 11 is 0. The second kappa shape index (κ2) is 8.09. The molecule has 0 fully saturated rings. The van der Waals surface area contributed by atoms with Gasteiger partial charge in [-0.05, 0) is 52.5 Å². The average Bonchev–Trinajstić information content (AvgIpc) is 3.28. The van der Waals surface area contributed by atoms with E-state index < -0.39 is 0 Å². The molecule has 4 aromatic rings. The third-order valence-corrected chi connectivity index (χ3v) is 7.25. The number of aromatic hydroxyl groups is 1. The normalized spacial score (nSPS) is 12.4. The highest BCUT2D eigenvalue weighted by molar-refractivity contribution is 5.97. The molecule has 4 heteroatoms. The van der Waals surface area contributed by atoms with Gasteiger partial charge in [-0.25, -0.2) is 0 Å². The molecule has 32 heavy (non-hydrogen) atoms. The monoisotopic (exact) mass is 427 g/mol. The van der Waals surface area contributed by atoms with Crippen LogP contribution < -0.4 is 0 Å². The standard InChI is InChI=1S/C28H33N3O/c1-7-27(3,4)18-16-22(26(32)23(17-18)28(5,6)8-2)20-13-10-9-12-19(20)21-14-11-15-24-25(21)30-31-29-24/h9-17,32H,7-8H2,1-6H3,(H,29,30,31). The molecule has 3 aromatic carbocycles. The summed E-state index contributed by atoms with van der Waals surface area (Å²) in [6.45, 7) is 13.3. The van der Waals surface area contributed by atoms with Gasteiger partial charge in [-0.1, -0.05) is 89.2 Å². The fourth-order valence-corrected chi connectivity index (χ4v) is 4.18. The number of hydrogen-bond acceptors (Lipinski definition) is 3. The SMILES string of the molecule is CCC(C)(C)c1cc(-c2ccccc2-c2cccc3[nH]nnc23)c(O)c(C(C)(C)CC)c1. The quantitative estimate of drug-likeness (QED) is 0.337. The Morgan fingerprint density at radius 1 is 0.781 bits per heavy atom. The molecular formula is C28H33N3O. The van der Waals surface area contributed by atoms with Crippen molar-refractivity contribution in [2.24, 2.45) is 0 Å². The number of phenolic OH excluding ortho intramolecular Hbond substituents is 1. The lowest BCUT2D eigenvalue weighted by Crippen LogP contribution is -2.20. The molecule has 0 atom stereocenters. The van der Waals surface area contributed by atoms with Crippen molar-refractivity contribution in [3.8, 4) is 28.0 Å². The van der Waals surface area contributed by atoms with Crippen molar-refractivity contribution in [1.29, 1.82) is 0 Å². The van der Waals surface area contributed by atoms with Gasteiger partial charge in [0, 0.05) is 16.7 Å². The van der Waals surface area contributed by atoms with Crippen LogP contribution in [0.4, 0.5) is 0 Å². The summed E-state index contributed by atoms with van der Waals surface area (Å²) in [7, 11) is 0. The first-order chi connectivity index (χ1) is 15.2. The summed E-state index contributed by atoms with van der Waals surface area (Å²) in [5.74, 6) is 0.368. The lowest BCUT2D eigenvalue weighted by atomic mass is 9.74. The number of phenols is 1. The van der Waals surface area contributed by atoms with Gasteiger partial charge < -0.3 is 5.11 Å². The molecule has 1 aromatic heterocycles. The maximum absolute atomic E-state index is 11.6. The lowest BCUT2D eigenvalue weighted by Gasteiger charge is -2.31. The van der Waals surface area contributed by atoms with Gasteiger partial charge in [0.15, 0.2) is 0 Å². The van der Waals surface area contributed by atoms with Crippen molar-refractivity contribution in [2.75, 3.05) is 0 Å². The zero-order valence-corrected chi connectivity index (χ0v) is 20.0. The molecule has 166 valence electrons. The first kappa shape index (κ1) is 22.1. The van der Waals surface area contributed by atoms with Crippen LogP contribution in [0.2, 0.25) is 0 Å². The van der Waals surface area contributed by atoms with Crippen molar-refractivity contribution in [2.45, 2.75) is 65.2 Å². The summed E-state index contributed by atoms with van der Waals surface area (Å²) in [6.07, 6.45) is 1.96. The van der Waals surface area contributed by atoms with E-state index in [1.807, 2.05) is 24.3 Å². The topological polar surface area (TPSA) is 61.8 Å². The second-order valence-electron chi connectivity index (χ2n) is 9.95. The molecule has 4 rings (SSSR count). The van der Waals surface area contributed by atoms with Crippen LogP contribution in [-0.4, -0.2) is 20.5 Å². The molecule has 0 aliphatic carbocycles. The largest absolute Gasteiger partial charge is 0.507 e. The number of benzene rings is 3. The Hall–Kier alpha value is -3.14. The van der Waals surface area contributed by atoms with Crippen molar-refractivity contribution >= 4 is 11.0 Å². The van der Waals surface area contributed by atoms with E-state index in [9.17, 15) is 5.11 Å². The van der Waals surface area contributed by atoms with Crippen molar-refractivity contribution in [3.63, 3.8) is 0 Å². The molecule has 0 saturated heterocycles. The molecule has 1 heterocycles. The van der Waals surface area contributed by atoms with Crippen LogP contribution >= 0.6 is 0 Å².